The van der Waals surface area contributed by atoms with Crippen LogP contribution in [0.4, 0.5) is 0 Å². The van der Waals surface area contributed by atoms with E-state index < -0.39 is 0 Å². The molecule has 0 radical (unpaired) electrons. The normalized spacial score (nSPS) is 11.7. The molecule has 0 amide bonds. The van der Waals surface area contributed by atoms with Gasteiger partial charge in [0.05, 0.1) is 5.56 Å². The average Bonchev–Trinajstić information content (AvgIpc) is 2.85. The van der Waals surface area contributed by atoms with Crippen molar-refractivity contribution in [2.45, 2.75) is 47.0 Å². The van der Waals surface area contributed by atoms with Crippen LogP contribution in [0, 0.1) is 20.8 Å². The lowest BCUT2D eigenvalue weighted by atomic mass is 9.82. The van der Waals surface area contributed by atoms with Crippen LogP contribution in [-0.2, 0) is 5.41 Å². The Morgan fingerprint density at radius 3 is 1.89 bits per heavy atom. The molecule has 0 spiro atoms. The number of aryl methyl sites for hydroxylation is 3. The van der Waals surface area contributed by atoms with E-state index in [0.29, 0.717) is 0 Å². The van der Waals surface area contributed by atoms with E-state index in [0.717, 1.165) is 17.1 Å². The summed E-state index contributed by atoms with van der Waals surface area (Å²) in [5, 5.41) is 2.63. The van der Waals surface area contributed by atoms with Crippen LogP contribution in [-0.4, -0.2) is 4.98 Å². The third-order valence-corrected chi connectivity index (χ3v) is 6.98. The molecule has 0 aliphatic heterocycles. The van der Waals surface area contributed by atoms with Crippen molar-refractivity contribution in [1.29, 1.82) is 0 Å². The van der Waals surface area contributed by atoms with Crippen LogP contribution in [0.3, 0.4) is 0 Å². The fourth-order valence-electron chi connectivity index (χ4n) is 5.05. The zero-order valence-corrected chi connectivity index (χ0v) is 21.6. The van der Waals surface area contributed by atoms with Gasteiger partial charge in [-0.3, -0.25) is 0 Å². The minimum Gasteiger partial charge on any atom is -0.199 e. The fraction of sp³-hybridized carbons (Fsp3) is 0.212. The Morgan fingerprint density at radius 1 is 0.657 bits per heavy atom. The highest BCUT2D eigenvalue weighted by Crippen LogP contribution is 2.34. The third-order valence-electron chi connectivity index (χ3n) is 6.98. The quantitative estimate of drug-likeness (QED) is 0.250. The van der Waals surface area contributed by atoms with E-state index in [9.17, 15) is 0 Å². The van der Waals surface area contributed by atoms with Gasteiger partial charge in [0.2, 0.25) is 0 Å². The van der Waals surface area contributed by atoms with Crippen molar-refractivity contribution in [3.63, 3.8) is 0 Å². The number of rotatable bonds is 3. The lowest BCUT2D eigenvalue weighted by molar-refractivity contribution is -0.606. The van der Waals surface area contributed by atoms with E-state index in [4.69, 9.17) is 4.98 Å². The van der Waals surface area contributed by atoms with Crippen molar-refractivity contribution >= 4 is 10.8 Å². The summed E-state index contributed by atoms with van der Waals surface area (Å²) in [5.41, 5.74) is 9.69. The Labute approximate surface area is 208 Å². The van der Waals surface area contributed by atoms with Gasteiger partial charge < -0.3 is 0 Å². The van der Waals surface area contributed by atoms with Crippen molar-refractivity contribution in [3.05, 3.63) is 114 Å². The molecule has 0 N–H and O–H groups in total. The van der Waals surface area contributed by atoms with Gasteiger partial charge in [-0.1, -0.05) is 105 Å². The van der Waals surface area contributed by atoms with E-state index in [2.05, 4.69) is 137 Å². The second-order valence-electron chi connectivity index (χ2n) is 10.5. The first kappa shape index (κ1) is 23.0. The Bertz CT molecular complexity index is 1520. The van der Waals surface area contributed by atoms with E-state index in [1.54, 1.807) is 0 Å². The number of benzene rings is 4. The molecule has 0 fully saturated rings. The molecule has 0 atom stereocenters. The molecule has 0 aliphatic carbocycles. The summed E-state index contributed by atoms with van der Waals surface area (Å²) in [6.07, 6.45) is 2.26. The Hall–Kier alpha value is -3.78. The van der Waals surface area contributed by atoms with E-state index in [-0.39, 0.29) is 5.41 Å². The van der Waals surface area contributed by atoms with Crippen LogP contribution in [0.25, 0.3) is 38.7 Å². The van der Waals surface area contributed by atoms with Gasteiger partial charge in [0, 0.05) is 19.4 Å². The van der Waals surface area contributed by atoms with Crippen molar-refractivity contribution in [1.82, 2.24) is 4.98 Å². The minimum absolute atomic E-state index is 0.0325. The maximum Gasteiger partial charge on any atom is 0.300 e. The summed E-state index contributed by atoms with van der Waals surface area (Å²) >= 11 is 0. The Morgan fingerprint density at radius 2 is 1.23 bits per heavy atom. The first-order valence-corrected chi connectivity index (χ1v) is 12.3. The molecular weight excluding hydrogens is 424 g/mol. The largest absolute Gasteiger partial charge is 0.300 e. The van der Waals surface area contributed by atoms with Crippen molar-refractivity contribution < 1.29 is 4.57 Å². The Kier molecular flexibility index (Phi) is 5.76. The summed E-state index contributed by atoms with van der Waals surface area (Å²) in [5.74, 6) is 0.991. The molecule has 0 saturated heterocycles. The maximum atomic E-state index is 4.98. The van der Waals surface area contributed by atoms with Gasteiger partial charge in [-0.2, -0.15) is 4.57 Å². The highest BCUT2D eigenvalue weighted by Gasteiger charge is 2.24. The first-order chi connectivity index (χ1) is 16.7. The summed E-state index contributed by atoms with van der Waals surface area (Å²) in [4.78, 5) is 4.98. The third kappa shape index (κ3) is 4.25. The van der Waals surface area contributed by atoms with Gasteiger partial charge in [-0.25, -0.2) is 0 Å². The number of aromatic nitrogens is 2. The summed E-state index contributed by atoms with van der Waals surface area (Å²) in [7, 11) is 0. The minimum atomic E-state index is 0.0325. The van der Waals surface area contributed by atoms with Crippen molar-refractivity contribution in [2.75, 3.05) is 0 Å². The van der Waals surface area contributed by atoms with Gasteiger partial charge in [0.1, 0.15) is 11.9 Å². The zero-order chi connectivity index (χ0) is 24.7. The van der Waals surface area contributed by atoms with Gasteiger partial charge >= 0.3 is 5.82 Å². The van der Waals surface area contributed by atoms with Crippen LogP contribution in [0.1, 0.15) is 43.4 Å². The van der Waals surface area contributed by atoms with Crippen LogP contribution in [0.5, 0.6) is 0 Å². The fourth-order valence-corrected chi connectivity index (χ4v) is 5.05. The summed E-state index contributed by atoms with van der Waals surface area (Å²) < 4.78 is 2.27. The molecule has 0 bridgehead atoms. The van der Waals surface area contributed by atoms with Crippen molar-refractivity contribution in [2.24, 2.45) is 0 Å². The van der Waals surface area contributed by atoms with Crippen LogP contribution < -0.4 is 4.57 Å². The Balaban J connectivity index is 1.67. The molecule has 0 saturated carbocycles. The van der Waals surface area contributed by atoms with Gasteiger partial charge in [-0.15, -0.1) is 0 Å². The van der Waals surface area contributed by atoms with Gasteiger partial charge in [0.25, 0.3) is 0 Å². The number of hydrogen-bond donors (Lipinski definition) is 0. The standard InChI is InChI=1S/C33H33N2/c1-22-28-14-10-11-15-29(28)31(33(4,5)6)20-32(22)35-21-30(23(2)34-24(35)3)27-18-16-26(17-19-27)25-12-8-7-9-13-25/h7-21H,1-6H3/q+1. The highest BCUT2D eigenvalue weighted by molar-refractivity contribution is 5.91. The SMILES string of the molecule is Cc1nc(C)[n+](-c2cc(C(C)(C)C)c3ccccc3c2C)cc1-c1ccc(-c2ccccc2)cc1. The zero-order valence-electron chi connectivity index (χ0n) is 21.6. The van der Waals surface area contributed by atoms with E-state index in [1.807, 2.05) is 0 Å². The molecule has 4 aromatic carbocycles. The average molecular weight is 458 g/mol. The molecule has 5 rings (SSSR count). The lowest BCUT2D eigenvalue weighted by Gasteiger charge is -2.23. The monoisotopic (exact) mass is 457 g/mol. The van der Waals surface area contributed by atoms with Gasteiger partial charge in [-0.05, 0) is 51.4 Å². The second kappa shape index (κ2) is 8.78. The summed E-state index contributed by atoms with van der Waals surface area (Å²) in [6, 6.07) is 30.5. The molecule has 5 aromatic rings. The van der Waals surface area contributed by atoms with E-state index in [1.165, 1.54) is 44.3 Å². The molecular formula is C33H33N2+. The lowest BCUT2D eigenvalue weighted by Crippen LogP contribution is -2.37. The molecule has 0 aliphatic rings. The van der Waals surface area contributed by atoms with Crippen LogP contribution in [0.2, 0.25) is 0 Å². The number of nitrogens with zero attached hydrogens (tertiary/aromatic N) is 2. The van der Waals surface area contributed by atoms with Gasteiger partial charge in [0.15, 0.2) is 5.69 Å². The van der Waals surface area contributed by atoms with Crippen molar-refractivity contribution in [3.8, 4) is 27.9 Å². The topological polar surface area (TPSA) is 16.8 Å². The highest BCUT2D eigenvalue weighted by atomic mass is 15.0. The molecule has 2 nitrogen and oxygen atoms in total. The van der Waals surface area contributed by atoms with Crippen LogP contribution in [0.15, 0.2) is 91.1 Å². The molecule has 1 aromatic heterocycles. The molecule has 174 valence electrons. The number of fused-ring (bicyclic) bond motifs is 1. The molecule has 2 heteroatoms. The molecule has 1 heterocycles. The maximum absolute atomic E-state index is 4.98. The van der Waals surface area contributed by atoms with E-state index >= 15 is 0 Å². The predicted octanol–water partition coefficient (Wildman–Crippen LogP) is 8.07. The molecule has 35 heavy (non-hydrogen) atoms. The summed E-state index contributed by atoms with van der Waals surface area (Å²) in [6.45, 7) is 13.3. The smallest absolute Gasteiger partial charge is 0.199 e. The van der Waals surface area contributed by atoms with Crippen LogP contribution >= 0.6 is 0 Å². The molecule has 0 unspecified atom stereocenters. The predicted molar refractivity (Wildman–Crippen MR) is 147 cm³/mol. The number of hydrogen-bond acceptors (Lipinski definition) is 1. The second-order valence-corrected chi connectivity index (χ2v) is 10.5. The first-order valence-electron chi connectivity index (χ1n) is 12.3.